The van der Waals surface area contributed by atoms with E-state index in [-0.39, 0.29) is 0 Å². The highest BCUT2D eigenvalue weighted by Gasteiger charge is 2.36. The molecule has 0 aromatic rings. The van der Waals surface area contributed by atoms with Crippen LogP contribution in [0.5, 0.6) is 0 Å². The first-order valence-corrected chi connectivity index (χ1v) is 6.64. The Morgan fingerprint density at radius 1 is 1.18 bits per heavy atom. The molecule has 1 unspecified atom stereocenters. The van der Waals surface area contributed by atoms with E-state index in [0.717, 1.165) is 12.1 Å². The van der Waals surface area contributed by atoms with Crippen LogP contribution in [0, 0.1) is 0 Å². The average molecular weight is 176 g/mol. The fourth-order valence-electron chi connectivity index (χ4n) is 1.49. The summed E-state index contributed by atoms with van der Waals surface area (Å²) in [6.07, 6.45) is 0. The minimum Gasteiger partial charge on any atom is -0.417 e. The van der Waals surface area contributed by atoms with Crippen molar-refractivity contribution in [3.8, 4) is 0 Å². The second-order valence-corrected chi connectivity index (χ2v) is 7.62. The third-order valence-corrected chi connectivity index (χ3v) is 7.62. The molecule has 0 aromatic carbocycles. The van der Waals surface area contributed by atoms with Crippen molar-refractivity contribution in [2.45, 2.75) is 38.6 Å². The van der Waals surface area contributed by atoms with Gasteiger partial charge in [-0.1, -0.05) is 13.8 Å². The number of hydrogen-bond donors (Lipinski definition) is 0. The molecule has 11 heavy (non-hydrogen) atoms. The molecule has 0 bridgehead atoms. The van der Waals surface area contributed by atoms with Gasteiger partial charge in [0.25, 0.3) is 0 Å². The molecular weight excluding hydrogens is 156 g/mol. The van der Waals surface area contributed by atoms with E-state index in [2.05, 4.69) is 20.8 Å². The van der Waals surface area contributed by atoms with Crippen molar-refractivity contribution in [2.24, 2.45) is 0 Å². The Morgan fingerprint density at radius 3 is 1.73 bits per heavy atom. The predicted octanol–water partition coefficient (Wildman–Crippen LogP) is 2.19. The van der Waals surface area contributed by atoms with Crippen molar-refractivity contribution in [1.29, 1.82) is 0 Å². The summed E-state index contributed by atoms with van der Waals surface area (Å²) in [5, 5.41) is 0. The zero-order valence-corrected chi connectivity index (χ0v) is 9.31. The quantitative estimate of drug-likeness (QED) is 0.598. The summed E-state index contributed by atoms with van der Waals surface area (Å²) in [5.41, 5.74) is 0.308. The second-order valence-electron chi connectivity index (χ2n) is 2.85. The van der Waals surface area contributed by atoms with Crippen LogP contribution in [0.25, 0.3) is 0 Å². The summed E-state index contributed by atoms with van der Waals surface area (Å²) in [4.78, 5) is 0. The van der Waals surface area contributed by atoms with Gasteiger partial charge in [0.15, 0.2) is 0 Å². The highest BCUT2D eigenvalue weighted by molar-refractivity contribution is 6.74. The van der Waals surface area contributed by atoms with Gasteiger partial charge in [-0.15, -0.1) is 0 Å². The largest absolute Gasteiger partial charge is 0.417 e. The molecule has 0 spiro atoms. The molecule has 0 aromatic heterocycles. The first-order valence-electron chi connectivity index (χ1n) is 4.24. The SMILES string of the molecule is CC[Si](CC)(OC)C(C)OC. The molecule has 0 aliphatic carbocycles. The monoisotopic (exact) mass is 176 g/mol. The van der Waals surface area contributed by atoms with Gasteiger partial charge < -0.3 is 9.16 Å². The summed E-state index contributed by atoms with van der Waals surface area (Å²) in [5.74, 6) is 0. The molecule has 0 saturated carbocycles. The molecule has 0 aliphatic heterocycles. The molecule has 0 saturated heterocycles. The van der Waals surface area contributed by atoms with Gasteiger partial charge >= 0.3 is 0 Å². The number of rotatable bonds is 5. The van der Waals surface area contributed by atoms with Crippen LogP contribution >= 0.6 is 0 Å². The number of ether oxygens (including phenoxy) is 1. The molecule has 2 nitrogen and oxygen atoms in total. The van der Waals surface area contributed by atoms with Crippen LogP contribution in [-0.2, 0) is 9.16 Å². The zero-order chi connectivity index (χ0) is 8.91. The molecule has 0 amide bonds. The molecule has 68 valence electrons. The van der Waals surface area contributed by atoms with Crippen LogP contribution in [0.3, 0.4) is 0 Å². The Morgan fingerprint density at radius 2 is 1.64 bits per heavy atom. The average Bonchev–Trinajstić information content (AvgIpc) is 2.08. The third kappa shape index (κ3) is 2.29. The normalized spacial score (nSPS) is 15.0. The van der Waals surface area contributed by atoms with Crippen molar-refractivity contribution >= 4 is 8.32 Å². The lowest BCUT2D eigenvalue weighted by Crippen LogP contribution is -2.48. The fraction of sp³-hybridized carbons (Fsp3) is 1.00. The summed E-state index contributed by atoms with van der Waals surface area (Å²) < 4.78 is 10.9. The van der Waals surface area contributed by atoms with E-state index in [0.29, 0.717) is 5.73 Å². The van der Waals surface area contributed by atoms with Crippen molar-refractivity contribution in [1.82, 2.24) is 0 Å². The smallest absolute Gasteiger partial charge is 0.219 e. The Kier molecular flexibility index (Phi) is 4.96. The minimum atomic E-state index is -1.54. The Balaban J connectivity index is 4.26. The molecule has 0 rings (SSSR count). The predicted molar refractivity (Wildman–Crippen MR) is 50.2 cm³/mol. The molecule has 0 radical (unpaired) electrons. The van der Waals surface area contributed by atoms with Gasteiger partial charge in [0.2, 0.25) is 8.32 Å². The zero-order valence-electron chi connectivity index (χ0n) is 8.31. The number of hydrogen-bond acceptors (Lipinski definition) is 2. The van der Waals surface area contributed by atoms with Gasteiger partial charge in [0.05, 0.1) is 5.73 Å². The second kappa shape index (κ2) is 4.90. The van der Waals surface area contributed by atoms with Crippen LogP contribution in [0.4, 0.5) is 0 Å². The van der Waals surface area contributed by atoms with E-state index >= 15 is 0 Å². The van der Waals surface area contributed by atoms with Crippen LogP contribution in [0.1, 0.15) is 20.8 Å². The molecule has 0 heterocycles. The van der Waals surface area contributed by atoms with Crippen molar-refractivity contribution in [3.05, 3.63) is 0 Å². The Hall–Kier alpha value is 0.137. The van der Waals surface area contributed by atoms with Crippen LogP contribution in [-0.4, -0.2) is 28.3 Å². The lowest BCUT2D eigenvalue weighted by atomic mass is 10.8. The van der Waals surface area contributed by atoms with Gasteiger partial charge in [-0.05, 0) is 19.0 Å². The van der Waals surface area contributed by atoms with Crippen LogP contribution in [0.15, 0.2) is 0 Å². The highest BCUT2D eigenvalue weighted by atomic mass is 28.4. The topological polar surface area (TPSA) is 18.5 Å². The third-order valence-electron chi connectivity index (χ3n) is 2.70. The van der Waals surface area contributed by atoms with Crippen LogP contribution in [0.2, 0.25) is 12.1 Å². The molecule has 0 aliphatic rings. The van der Waals surface area contributed by atoms with E-state index < -0.39 is 8.32 Å². The maximum absolute atomic E-state index is 5.60. The van der Waals surface area contributed by atoms with Crippen molar-refractivity contribution in [2.75, 3.05) is 14.2 Å². The van der Waals surface area contributed by atoms with E-state index in [1.807, 2.05) is 7.11 Å². The van der Waals surface area contributed by atoms with Gasteiger partial charge in [-0.2, -0.15) is 0 Å². The fourth-order valence-corrected chi connectivity index (χ4v) is 4.48. The van der Waals surface area contributed by atoms with Crippen molar-refractivity contribution < 1.29 is 9.16 Å². The summed E-state index contributed by atoms with van der Waals surface area (Å²) in [6.45, 7) is 6.49. The first-order chi connectivity index (χ1) is 5.16. The van der Waals surface area contributed by atoms with Crippen molar-refractivity contribution in [3.63, 3.8) is 0 Å². The summed E-state index contributed by atoms with van der Waals surface area (Å²) >= 11 is 0. The van der Waals surface area contributed by atoms with Gasteiger partial charge in [0, 0.05) is 14.2 Å². The Labute approximate surface area is 71.0 Å². The molecular formula is C8H20O2Si. The summed E-state index contributed by atoms with van der Waals surface area (Å²) in [6, 6.07) is 2.27. The molecule has 0 fully saturated rings. The number of methoxy groups -OCH3 is 1. The van der Waals surface area contributed by atoms with E-state index in [4.69, 9.17) is 9.16 Å². The van der Waals surface area contributed by atoms with Crippen LogP contribution < -0.4 is 0 Å². The van der Waals surface area contributed by atoms with Gasteiger partial charge in [0.1, 0.15) is 0 Å². The maximum Gasteiger partial charge on any atom is 0.219 e. The molecule has 3 heteroatoms. The lowest BCUT2D eigenvalue weighted by Gasteiger charge is -2.32. The summed E-state index contributed by atoms with van der Waals surface area (Å²) in [7, 11) is 2.03. The van der Waals surface area contributed by atoms with E-state index in [1.54, 1.807) is 7.11 Å². The van der Waals surface area contributed by atoms with Gasteiger partial charge in [-0.3, -0.25) is 0 Å². The van der Waals surface area contributed by atoms with E-state index in [9.17, 15) is 0 Å². The molecule has 0 N–H and O–H groups in total. The first kappa shape index (κ1) is 11.1. The molecule has 1 atom stereocenters. The Bertz CT molecular complexity index is 94.0. The maximum atomic E-state index is 5.60. The minimum absolute atomic E-state index is 0.308. The van der Waals surface area contributed by atoms with Gasteiger partial charge in [-0.25, -0.2) is 0 Å². The standard InChI is InChI=1S/C8H20O2Si/c1-6-11(7-2,10-5)8(3)9-4/h8H,6-7H2,1-5H3. The lowest BCUT2D eigenvalue weighted by molar-refractivity contribution is 0.149. The van der Waals surface area contributed by atoms with E-state index in [1.165, 1.54) is 0 Å². The highest BCUT2D eigenvalue weighted by Crippen LogP contribution is 2.21.